The zero-order chi connectivity index (χ0) is 13.0. The van der Waals surface area contributed by atoms with Crippen LogP contribution >= 0.6 is 0 Å². The Morgan fingerprint density at radius 1 is 1.05 bits per heavy atom. The number of benzene rings is 1. The molecule has 0 radical (unpaired) electrons. The summed E-state index contributed by atoms with van der Waals surface area (Å²) in [6.07, 6.45) is 5.15. The fraction of sp³-hybridized carbons (Fsp3) is 0.500. The van der Waals surface area contributed by atoms with Crippen LogP contribution in [0.3, 0.4) is 0 Å². The average molecular weight is 589 g/mol. The number of allylic oxidation sites excluding steroid dienone is 1. The number of halogens is 2. The van der Waals surface area contributed by atoms with Crippen molar-refractivity contribution in [1.82, 2.24) is 0 Å². The number of fused-ring (bicyclic) bond motifs is 1. The van der Waals surface area contributed by atoms with Crippen molar-refractivity contribution in [1.29, 1.82) is 0 Å². The molecule has 1 aromatic rings. The third kappa shape index (κ3) is 5.31. The van der Waals surface area contributed by atoms with Crippen LogP contribution in [0.25, 0.3) is 6.08 Å². The fourth-order valence-corrected chi connectivity index (χ4v) is 15.8. The predicted molar refractivity (Wildman–Crippen MR) is 80.2 cm³/mol. The van der Waals surface area contributed by atoms with E-state index in [1.165, 1.54) is 30.5 Å². The molecule has 1 unspecified atom stereocenters. The third-order valence-corrected chi connectivity index (χ3v) is 20.4. The second kappa shape index (κ2) is 11.1. The van der Waals surface area contributed by atoms with Gasteiger partial charge < -0.3 is 48.0 Å². The van der Waals surface area contributed by atoms with Gasteiger partial charge in [-0.1, -0.05) is 0 Å². The zero-order valence-electron chi connectivity index (χ0n) is 12.6. The monoisotopic (exact) mass is 588 g/mol. The van der Waals surface area contributed by atoms with Crippen LogP contribution in [0, 0.1) is 0 Å². The molecule has 0 saturated heterocycles. The summed E-state index contributed by atoms with van der Waals surface area (Å²) in [5, 5.41) is 0. The molecule has 0 heterocycles. The smallest absolute Gasteiger partial charge is 1.00 e. The molecule has 0 aliphatic heterocycles. The van der Waals surface area contributed by atoms with Gasteiger partial charge in [0.25, 0.3) is 0 Å². The van der Waals surface area contributed by atoms with Gasteiger partial charge in [-0.2, -0.15) is 0 Å². The summed E-state index contributed by atoms with van der Waals surface area (Å²) < 4.78 is 0.932. The van der Waals surface area contributed by atoms with E-state index in [4.69, 9.17) is 0 Å². The van der Waals surface area contributed by atoms with Crippen LogP contribution in [0.5, 0.6) is 0 Å². The normalized spacial score (nSPS) is 15.8. The first-order chi connectivity index (χ1) is 8.80. The van der Waals surface area contributed by atoms with Crippen molar-refractivity contribution in [2.45, 2.75) is 49.3 Å². The summed E-state index contributed by atoms with van der Waals surface area (Å²) in [6.45, 7) is 7.19. The summed E-state index contributed by atoms with van der Waals surface area (Å²) >= 11 is -0.215. The number of rotatable bonds is 6. The first-order valence-corrected chi connectivity index (χ1v) is 15.2. The molecule has 2 rings (SSSR count). The van der Waals surface area contributed by atoms with Crippen LogP contribution in [0.2, 0.25) is 12.1 Å². The molecule has 1 aliphatic carbocycles. The molecule has 0 aromatic heterocycles. The Kier molecular flexibility index (Phi) is 12.0. The summed E-state index contributed by atoms with van der Waals surface area (Å²) in [7, 11) is 0. The molecule has 0 nitrogen and oxygen atoms in total. The molecule has 0 saturated carbocycles. The van der Waals surface area contributed by atoms with Crippen molar-refractivity contribution >= 4 is 12.0 Å². The van der Waals surface area contributed by atoms with E-state index in [2.05, 4.69) is 51.1 Å². The van der Waals surface area contributed by atoms with E-state index >= 15 is 0 Å². The molecule has 1 aromatic carbocycles. The topological polar surface area (TPSA) is 0 Å². The third-order valence-electron chi connectivity index (χ3n) is 3.95. The van der Waals surface area contributed by atoms with Crippen LogP contribution in [0.1, 0.15) is 48.4 Å². The Labute approximate surface area is 170 Å². The van der Waals surface area contributed by atoms with Gasteiger partial charge in [-0.25, -0.2) is 0 Å². The standard InChI is InChI=1S/C12H13.C4H11Si.2HI.Zr/c1-2-5-10-8-11-6-3-4-7-12(11)9-10;1-3-5-4-2;;;/h3-4,6-9H,2,5H2,1H3;5H,3-4H2,1-2H3;2*1H;/q;;;;+2/p-2. The Bertz CT molecular complexity index is 430. The Hall–Kier alpha value is 1.52. The molecule has 1 atom stereocenters. The van der Waals surface area contributed by atoms with Crippen molar-refractivity contribution in [3.05, 3.63) is 41.0 Å². The molecule has 0 fully saturated rings. The van der Waals surface area contributed by atoms with Gasteiger partial charge in [-0.3, -0.25) is 0 Å². The van der Waals surface area contributed by atoms with Crippen molar-refractivity contribution in [2.24, 2.45) is 0 Å². The van der Waals surface area contributed by atoms with Gasteiger partial charge in [0, 0.05) is 0 Å². The van der Waals surface area contributed by atoms with E-state index in [1.54, 1.807) is 11.1 Å². The summed E-state index contributed by atoms with van der Waals surface area (Å²) in [5.41, 5.74) is 5.00. The molecular weight excluding hydrogens is 565 g/mol. The van der Waals surface area contributed by atoms with Gasteiger partial charge in [-0.15, -0.1) is 0 Å². The first-order valence-electron chi connectivity index (χ1n) is 7.35. The molecule has 0 amide bonds. The summed E-state index contributed by atoms with van der Waals surface area (Å²) in [6, 6.07) is 12.2. The minimum atomic E-state index is -0.338. The van der Waals surface area contributed by atoms with Gasteiger partial charge in [0.15, 0.2) is 0 Å². The Balaban J connectivity index is 0.00000180. The van der Waals surface area contributed by atoms with Gasteiger partial charge in [0.05, 0.1) is 0 Å². The maximum atomic E-state index is 2.51. The van der Waals surface area contributed by atoms with Crippen LogP contribution in [0.15, 0.2) is 29.8 Å². The number of hydrogen-bond acceptors (Lipinski definition) is 0. The SMILES string of the molecule is CCCC1=Cc2ccccc2[CH]1[Zr+2][SiH](CC)CC.[I-].[I-]. The molecule has 0 bridgehead atoms. The molecule has 20 heavy (non-hydrogen) atoms. The second-order valence-electron chi connectivity index (χ2n) is 5.21. The Morgan fingerprint density at radius 3 is 2.30 bits per heavy atom. The molecule has 0 spiro atoms. The van der Waals surface area contributed by atoms with E-state index in [1.807, 2.05) is 0 Å². The van der Waals surface area contributed by atoms with Crippen molar-refractivity contribution in [3.8, 4) is 0 Å². The second-order valence-corrected chi connectivity index (χ2v) is 18.5. The zero-order valence-corrected chi connectivity index (χ0v) is 20.6. The minimum absolute atomic E-state index is 0. The quantitative estimate of drug-likeness (QED) is 0.289. The molecular formula is C16H24I2SiZr. The number of hydrogen-bond donors (Lipinski definition) is 0. The van der Waals surface area contributed by atoms with Gasteiger partial charge in [0.2, 0.25) is 0 Å². The van der Waals surface area contributed by atoms with Gasteiger partial charge in [0.1, 0.15) is 0 Å². The predicted octanol–water partition coefficient (Wildman–Crippen LogP) is -1.22. The maximum Gasteiger partial charge on any atom is -1.00 e. The van der Waals surface area contributed by atoms with E-state index in [9.17, 15) is 0 Å². The van der Waals surface area contributed by atoms with E-state index < -0.39 is 0 Å². The van der Waals surface area contributed by atoms with Crippen LogP contribution in [0.4, 0.5) is 0 Å². The summed E-state index contributed by atoms with van der Waals surface area (Å²) in [4.78, 5) is 0. The van der Waals surface area contributed by atoms with Crippen molar-refractivity contribution in [2.75, 3.05) is 0 Å². The van der Waals surface area contributed by atoms with E-state index in [0.717, 1.165) is 3.63 Å². The molecule has 110 valence electrons. The van der Waals surface area contributed by atoms with E-state index in [0.29, 0.717) is 0 Å². The average Bonchev–Trinajstić information content (AvgIpc) is 2.74. The summed E-state index contributed by atoms with van der Waals surface area (Å²) in [5.74, 6) is -0.338. The molecule has 0 N–H and O–H groups in total. The van der Waals surface area contributed by atoms with Gasteiger partial charge in [-0.05, 0) is 0 Å². The first kappa shape index (κ1) is 21.5. The van der Waals surface area contributed by atoms with Crippen molar-refractivity contribution in [3.63, 3.8) is 0 Å². The van der Waals surface area contributed by atoms with Gasteiger partial charge >= 0.3 is 125 Å². The molecule has 1 aliphatic rings. The Morgan fingerprint density at radius 2 is 1.70 bits per heavy atom. The van der Waals surface area contributed by atoms with Crippen molar-refractivity contribution < 1.29 is 70.3 Å². The fourth-order valence-electron chi connectivity index (χ4n) is 2.85. The maximum absolute atomic E-state index is 2.51. The van der Waals surface area contributed by atoms with Crippen LogP contribution < -0.4 is 48.0 Å². The van der Waals surface area contributed by atoms with Crippen LogP contribution in [-0.4, -0.2) is 5.92 Å². The van der Waals surface area contributed by atoms with E-state index in [-0.39, 0.29) is 76.3 Å². The minimum Gasteiger partial charge on any atom is -1.00 e. The molecule has 4 heteroatoms. The van der Waals surface area contributed by atoms with Crippen LogP contribution in [-0.2, 0) is 22.4 Å². The largest absolute Gasteiger partial charge is 1.00 e.